The maximum atomic E-state index is 12.3. The second kappa shape index (κ2) is 9.60. The summed E-state index contributed by atoms with van der Waals surface area (Å²) in [5.74, 6) is 0.858. The first-order valence-electron chi connectivity index (χ1n) is 10.0. The molecule has 1 N–H and O–H groups in total. The molecule has 2 aromatic carbocycles. The molecule has 0 aromatic heterocycles. The van der Waals surface area contributed by atoms with Gasteiger partial charge in [-0.3, -0.25) is 4.79 Å². The van der Waals surface area contributed by atoms with Gasteiger partial charge in [-0.2, -0.15) is 0 Å². The van der Waals surface area contributed by atoms with Crippen molar-refractivity contribution in [2.24, 2.45) is 0 Å². The van der Waals surface area contributed by atoms with Gasteiger partial charge in [-0.1, -0.05) is 35.9 Å². The maximum Gasteiger partial charge on any atom is 0.223 e. The summed E-state index contributed by atoms with van der Waals surface area (Å²) in [6.07, 6.45) is 0.351. The van der Waals surface area contributed by atoms with E-state index in [1.165, 1.54) is 11.3 Å². The normalized spacial score (nSPS) is 14.8. The van der Waals surface area contributed by atoms with Crippen molar-refractivity contribution in [2.45, 2.75) is 26.8 Å². The minimum atomic E-state index is 0.0120. The Morgan fingerprint density at radius 3 is 2.57 bits per heavy atom. The number of para-hydroxylation sites is 1. The third-order valence-corrected chi connectivity index (χ3v) is 5.23. The van der Waals surface area contributed by atoms with Crippen LogP contribution in [0.5, 0.6) is 5.75 Å². The van der Waals surface area contributed by atoms with Gasteiger partial charge < -0.3 is 19.9 Å². The molecule has 0 aliphatic carbocycles. The standard InChI is InChI=1S/C23H31N3O2/c1-18-8-9-22(19(2)16-18)28-15-10-23(27)24-17-20-6-4-5-7-21(20)26-13-11-25(3)12-14-26/h4-9,16H,10-15,17H2,1-3H3,(H,24,27). The van der Waals surface area contributed by atoms with Crippen LogP contribution in [0.4, 0.5) is 5.69 Å². The van der Waals surface area contributed by atoms with Crippen molar-refractivity contribution >= 4 is 11.6 Å². The van der Waals surface area contributed by atoms with Crippen LogP contribution in [0.15, 0.2) is 42.5 Å². The van der Waals surface area contributed by atoms with Gasteiger partial charge in [0.05, 0.1) is 13.0 Å². The molecule has 0 spiro atoms. The molecular formula is C23H31N3O2. The zero-order chi connectivity index (χ0) is 19.9. The number of likely N-dealkylation sites (N-methyl/N-ethyl adjacent to an activating group) is 1. The highest BCUT2D eigenvalue weighted by Gasteiger charge is 2.16. The van der Waals surface area contributed by atoms with Gasteiger partial charge in [-0.25, -0.2) is 0 Å². The molecule has 0 saturated carbocycles. The number of nitrogens with one attached hydrogen (secondary N) is 1. The van der Waals surface area contributed by atoms with Crippen molar-refractivity contribution in [3.63, 3.8) is 0 Å². The first-order valence-corrected chi connectivity index (χ1v) is 10.0. The molecule has 0 bridgehead atoms. The lowest BCUT2D eigenvalue weighted by atomic mass is 10.1. The van der Waals surface area contributed by atoms with Crippen molar-refractivity contribution in [2.75, 3.05) is 44.7 Å². The first-order chi connectivity index (χ1) is 13.5. The van der Waals surface area contributed by atoms with Crippen molar-refractivity contribution in [1.82, 2.24) is 10.2 Å². The van der Waals surface area contributed by atoms with E-state index in [4.69, 9.17) is 4.74 Å². The number of ether oxygens (including phenoxy) is 1. The van der Waals surface area contributed by atoms with Crippen molar-refractivity contribution in [3.05, 3.63) is 59.2 Å². The summed E-state index contributed by atoms with van der Waals surface area (Å²) in [6, 6.07) is 14.4. The van der Waals surface area contributed by atoms with Crippen LogP contribution in [-0.2, 0) is 11.3 Å². The summed E-state index contributed by atoms with van der Waals surface area (Å²) >= 11 is 0. The highest BCUT2D eigenvalue weighted by Crippen LogP contribution is 2.22. The summed E-state index contributed by atoms with van der Waals surface area (Å²) in [6.45, 7) is 9.19. The smallest absolute Gasteiger partial charge is 0.223 e. The van der Waals surface area contributed by atoms with E-state index in [1.54, 1.807) is 0 Å². The largest absolute Gasteiger partial charge is 0.493 e. The number of benzene rings is 2. The van der Waals surface area contributed by atoms with E-state index < -0.39 is 0 Å². The van der Waals surface area contributed by atoms with Crippen LogP contribution in [0, 0.1) is 13.8 Å². The fourth-order valence-electron chi connectivity index (χ4n) is 3.51. The van der Waals surface area contributed by atoms with Crippen LogP contribution in [0.1, 0.15) is 23.1 Å². The molecule has 150 valence electrons. The lowest BCUT2D eigenvalue weighted by Crippen LogP contribution is -2.45. The monoisotopic (exact) mass is 381 g/mol. The Bertz CT molecular complexity index is 798. The fourth-order valence-corrected chi connectivity index (χ4v) is 3.51. The molecule has 1 amide bonds. The zero-order valence-corrected chi connectivity index (χ0v) is 17.2. The minimum absolute atomic E-state index is 0.0120. The molecular weight excluding hydrogens is 350 g/mol. The van der Waals surface area contributed by atoms with Crippen LogP contribution >= 0.6 is 0 Å². The number of carbonyl (C=O) groups excluding carboxylic acids is 1. The van der Waals surface area contributed by atoms with E-state index in [0.717, 1.165) is 43.1 Å². The third-order valence-electron chi connectivity index (χ3n) is 5.23. The Morgan fingerprint density at radius 2 is 1.82 bits per heavy atom. The molecule has 28 heavy (non-hydrogen) atoms. The van der Waals surface area contributed by atoms with Gasteiger partial charge >= 0.3 is 0 Å². The molecule has 1 aliphatic rings. The number of anilines is 1. The van der Waals surface area contributed by atoms with Gasteiger partial charge in [-0.05, 0) is 44.2 Å². The Hall–Kier alpha value is -2.53. The number of carbonyl (C=O) groups is 1. The highest BCUT2D eigenvalue weighted by molar-refractivity contribution is 5.76. The average Bonchev–Trinajstić information content (AvgIpc) is 2.69. The van der Waals surface area contributed by atoms with Crippen LogP contribution in [-0.4, -0.2) is 50.6 Å². The van der Waals surface area contributed by atoms with E-state index >= 15 is 0 Å². The molecule has 2 aromatic rings. The van der Waals surface area contributed by atoms with E-state index in [9.17, 15) is 4.79 Å². The molecule has 1 fully saturated rings. The van der Waals surface area contributed by atoms with Gasteiger partial charge in [0.1, 0.15) is 5.75 Å². The van der Waals surface area contributed by atoms with E-state index in [0.29, 0.717) is 19.6 Å². The number of amides is 1. The number of rotatable bonds is 7. The quantitative estimate of drug-likeness (QED) is 0.800. The van der Waals surface area contributed by atoms with Crippen molar-refractivity contribution < 1.29 is 9.53 Å². The van der Waals surface area contributed by atoms with Crippen LogP contribution in [0.3, 0.4) is 0 Å². The predicted molar refractivity (Wildman–Crippen MR) is 114 cm³/mol. The topological polar surface area (TPSA) is 44.8 Å². The SMILES string of the molecule is Cc1ccc(OCCC(=O)NCc2ccccc2N2CCN(C)CC2)c(C)c1. The van der Waals surface area contributed by atoms with E-state index in [-0.39, 0.29) is 5.91 Å². The molecule has 1 aliphatic heterocycles. The molecule has 0 unspecified atom stereocenters. The first kappa shape index (κ1) is 20.2. The summed E-state index contributed by atoms with van der Waals surface area (Å²) in [5.41, 5.74) is 4.70. The zero-order valence-electron chi connectivity index (χ0n) is 17.2. The fraction of sp³-hybridized carbons (Fsp3) is 0.435. The number of hydrogen-bond donors (Lipinski definition) is 1. The predicted octanol–water partition coefficient (Wildman–Crippen LogP) is 3.14. The number of hydrogen-bond acceptors (Lipinski definition) is 4. The van der Waals surface area contributed by atoms with Gasteiger partial charge in [0, 0.05) is 38.4 Å². The van der Waals surface area contributed by atoms with E-state index in [2.05, 4.69) is 53.4 Å². The van der Waals surface area contributed by atoms with Gasteiger partial charge in [0.25, 0.3) is 0 Å². The highest BCUT2D eigenvalue weighted by atomic mass is 16.5. The molecule has 1 saturated heterocycles. The van der Waals surface area contributed by atoms with Crippen LogP contribution in [0.2, 0.25) is 0 Å². The molecule has 1 heterocycles. The number of nitrogens with zero attached hydrogens (tertiary/aromatic N) is 2. The number of piperazine rings is 1. The maximum absolute atomic E-state index is 12.3. The van der Waals surface area contributed by atoms with E-state index in [1.807, 2.05) is 25.1 Å². The molecule has 5 nitrogen and oxygen atoms in total. The van der Waals surface area contributed by atoms with Gasteiger partial charge in [0.15, 0.2) is 0 Å². The molecule has 3 rings (SSSR count). The summed E-state index contributed by atoms with van der Waals surface area (Å²) in [7, 11) is 2.16. The Kier molecular flexibility index (Phi) is 6.93. The summed E-state index contributed by atoms with van der Waals surface area (Å²) in [4.78, 5) is 17.0. The van der Waals surface area contributed by atoms with Crippen molar-refractivity contribution in [3.8, 4) is 5.75 Å². The lowest BCUT2D eigenvalue weighted by Gasteiger charge is -2.35. The minimum Gasteiger partial charge on any atom is -0.493 e. The van der Waals surface area contributed by atoms with Crippen LogP contribution in [0.25, 0.3) is 0 Å². The van der Waals surface area contributed by atoms with Gasteiger partial charge in [-0.15, -0.1) is 0 Å². The second-order valence-electron chi connectivity index (χ2n) is 7.56. The Balaban J connectivity index is 1.48. The summed E-state index contributed by atoms with van der Waals surface area (Å²) < 4.78 is 5.77. The Morgan fingerprint density at radius 1 is 1.07 bits per heavy atom. The lowest BCUT2D eigenvalue weighted by molar-refractivity contribution is -0.121. The molecule has 0 radical (unpaired) electrons. The third kappa shape index (κ3) is 5.49. The van der Waals surface area contributed by atoms with Crippen molar-refractivity contribution in [1.29, 1.82) is 0 Å². The summed E-state index contributed by atoms with van der Waals surface area (Å²) in [5, 5.41) is 3.04. The number of aryl methyl sites for hydroxylation is 2. The molecule has 0 atom stereocenters. The van der Waals surface area contributed by atoms with Crippen LogP contribution < -0.4 is 15.0 Å². The second-order valence-corrected chi connectivity index (χ2v) is 7.56. The average molecular weight is 382 g/mol. The molecule has 5 heteroatoms. The van der Waals surface area contributed by atoms with Gasteiger partial charge in [0.2, 0.25) is 5.91 Å². The Labute approximate surface area is 168 Å².